The molecule has 0 fully saturated rings. The van der Waals surface area contributed by atoms with Crippen LogP contribution in [-0.4, -0.2) is 24.9 Å². The Balaban J connectivity index is 2.08. The Labute approximate surface area is 122 Å². The monoisotopic (exact) mass is 314 g/mol. The first-order valence-electron chi connectivity index (χ1n) is 6.32. The lowest BCUT2D eigenvalue weighted by molar-refractivity contribution is 0.563. The zero-order chi connectivity index (χ0) is 14.6. The number of nitrogens with one attached hydrogen (secondary N) is 3. The molecule has 0 aliphatic rings. The van der Waals surface area contributed by atoms with Gasteiger partial charge in [0.1, 0.15) is 10.0 Å². The van der Waals surface area contributed by atoms with Crippen molar-refractivity contribution in [2.75, 3.05) is 6.54 Å². The maximum atomic E-state index is 12.3. The lowest BCUT2D eigenvalue weighted by atomic mass is 10.3. The number of aromatic amines is 1. The number of hydrogen-bond acceptors (Lipinski definition) is 5. The first-order chi connectivity index (χ1) is 9.53. The highest BCUT2D eigenvalue weighted by molar-refractivity contribution is 7.91. The smallest absolute Gasteiger partial charge is 0.250 e. The average Bonchev–Trinajstić information content (AvgIpc) is 3.07. The van der Waals surface area contributed by atoms with Crippen molar-refractivity contribution in [3.8, 4) is 0 Å². The van der Waals surface area contributed by atoms with Crippen LogP contribution in [0.25, 0.3) is 0 Å². The number of thiophene rings is 1. The standard InChI is InChI=1S/C12H18N4O2S2/c1-3-13-7-10-6-11(19-8-10)20(17,18)16-9(2)12-14-4-5-15-12/h4-6,8-9,13,16H,3,7H2,1-2H3,(H,14,15). The summed E-state index contributed by atoms with van der Waals surface area (Å²) in [5, 5.41) is 5.02. The van der Waals surface area contributed by atoms with Gasteiger partial charge in [-0.15, -0.1) is 11.3 Å². The fourth-order valence-corrected chi connectivity index (χ4v) is 4.15. The Morgan fingerprint density at radius 3 is 2.95 bits per heavy atom. The molecule has 0 saturated carbocycles. The number of imidazole rings is 1. The molecule has 2 aromatic heterocycles. The van der Waals surface area contributed by atoms with Crippen LogP contribution < -0.4 is 10.0 Å². The third kappa shape index (κ3) is 3.66. The molecule has 1 atom stereocenters. The third-order valence-corrected chi connectivity index (χ3v) is 5.76. The first kappa shape index (κ1) is 15.2. The minimum Gasteiger partial charge on any atom is -0.347 e. The molecule has 0 aromatic carbocycles. The van der Waals surface area contributed by atoms with Crippen LogP contribution in [0.4, 0.5) is 0 Å². The molecule has 2 aromatic rings. The molecule has 3 N–H and O–H groups in total. The van der Waals surface area contributed by atoms with Crippen LogP contribution in [0.5, 0.6) is 0 Å². The van der Waals surface area contributed by atoms with Crippen LogP contribution in [-0.2, 0) is 16.6 Å². The van der Waals surface area contributed by atoms with E-state index in [0.717, 1.165) is 12.1 Å². The molecule has 2 heterocycles. The van der Waals surface area contributed by atoms with Gasteiger partial charge in [0.15, 0.2) is 0 Å². The second kappa shape index (κ2) is 6.49. The summed E-state index contributed by atoms with van der Waals surface area (Å²) in [6, 6.07) is 1.30. The van der Waals surface area contributed by atoms with Gasteiger partial charge in [0.25, 0.3) is 10.0 Å². The van der Waals surface area contributed by atoms with Crippen molar-refractivity contribution >= 4 is 21.4 Å². The van der Waals surface area contributed by atoms with E-state index in [0.29, 0.717) is 16.6 Å². The molecule has 6 nitrogen and oxygen atoms in total. The zero-order valence-corrected chi connectivity index (χ0v) is 13.0. The summed E-state index contributed by atoms with van der Waals surface area (Å²) in [5.41, 5.74) is 0.975. The van der Waals surface area contributed by atoms with Crippen LogP contribution in [0.3, 0.4) is 0 Å². The summed E-state index contributed by atoms with van der Waals surface area (Å²) in [4.78, 5) is 6.95. The lowest BCUT2D eigenvalue weighted by Crippen LogP contribution is -2.27. The molecule has 0 saturated heterocycles. The molecule has 0 aliphatic heterocycles. The van der Waals surface area contributed by atoms with Crippen molar-refractivity contribution in [2.45, 2.75) is 30.6 Å². The van der Waals surface area contributed by atoms with Crippen LogP contribution in [0.15, 0.2) is 28.0 Å². The van der Waals surface area contributed by atoms with Crippen LogP contribution in [0.2, 0.25) is 0 Å². The molecule has 0 amide bonds. The topological polar surface area (TPSA) is 86.9 Å². The highest BCUT2D eigenvalue weighted by Gasteiger charge is 2.21. The molecule has 0 radical (unpaired) electrons. The van der Waals surface area contributed by atoms with E-state index in [-0.39, 0.29) is 0 Å². The van der Waals surface area contributed by atoms with Gasteiger partial charge >= 0.3 is 0 Å². The highest BCUT2D eigenvalue weighted by Crippen LogP contribution is 2.22. The summed E-state index contributed by atoms with van der Waals surface area (Å²) >= 11 is 1.23. The molecule has 0 aliphatic carbocycles. The largest absolute Gasteiger partial charge is 0.347 e. The quantitative estimate of drug-likeness (QED) is 0.725. The lowest BCUT2D eigenvalue weighted by Gasteiger charge is -2.10. The van der Waals surface area contributed by atoms with Gasteiger partial charge in [-0.05, 0) is 30.5 Å². The van der Waals surface area contributed by atoms with Crippen molar-refractivity contribution in [3.63, 3.8) is 0 Å². The molecule has 0 bridgehead atoms. The normalized spacial score (nSPS) is 13.5. The van der Waals surface area contributed by atoms with Crippen molar-refractivity contribution in [3.05, 3.63) is 35.2 Å². The predicted molar refractivity (Wildman–Crippen MR) is 79.0 cm³/mol. The summed E-state index contributed by atoms with van der Waals surface area (Å²) in [5.74, 6) is 0.595. The summed E-state index contributed by atoms with van der Waals surface area (Å²) < 4.78 is 27.5. The number of sulfonamides is 1. The maximum Gasteiger partial charge on any atom is 0.250 e. The molecule has 110 valence electrons. The maximum absolute atomic E-state index is 12.3. The van der Waals surface area contributed by atoms with Gasteiger partial charge in [0.2, 0.25) is 0 Å². The Kier molecular flexibility index (Phi) is 4.92. The predicted octanol–water partition coefficient (Wildman–Crippen LogP) is 1.62. The van der Waals surface area contributed by atoms with Crippen molar-refractivity contribution in [1.29, 1.82) is 0 Å². The van der Waals surface area contributed by atoms with Crippen molar-refractivity contribution < 1.29 is 8.42 Å². The van der Waals surface area contributed by atoms with Gasteiger partial charge in [0.05, 0.1) is 6.04 Å². The van der Waals surface area contributed by atoms with E-state index in [4.69, 9.17) is 0 Å². The van der Waals surface area contributed by atoms with Crippen LogP contribution in [0, 0.1) is 0 Å². The average molecular weight is 314 g/mol. The van der Waals surface area contributed by atoms with Crippen LogP contribution in [0.1, 0.15) is 31.3 Å². The molecule has 8 heteroatoms. The van der Waals surface area contributed by atoms with E-state index in [1.165, 1.54) is 11.3 Å². The van der Waals surface area contributed by atoms with E-state index >= 15 is 0 Å². The Morgan fingerprint density at radius 2 is 2.30 bits per heavy atom. The van der Waals surface area contributed by atoms with E-state index in [1.807, 2.05) is 12.3 Å². The third-order valence-electron chi connectivity index (χ3n) is 2.74. The van der Waals surface area contributed by atoms with E-state index in [1.54, 1.807) is 25.4 Å². The van der Waals surface area contributed by atoms with Gasteiger partial charge in [0, 0.05) is 18.9 Å². The number of nitrogens with zero attached hydrogens (tertiary/aromatic N) is 1. The SMILES string of the molecule is CCNCc1csc(S(=O)(=O)NC(C)c2ncc[nH]2)c1. The Hall–Kier alpha value is -1.22. The van der Waals surface area contributed by atoms with E-state index < -0.39 is 16.1 Å². The van der Waals surface area contributed by atoms with Gasteiger partial charge in [-0.1, -0.05) is 6.92 Å². The van der Waals surface area contributed by atoms with Crippen molar-refractivity contribution in [1.82, 2.24) is 20.0 Å². The Bertz CT molecular complexity index is 634. The molecular formula is C12H18N4O2S2. The second-order valence-electron chi connectivity index (χ2n) is 4.37. The van der Waals surface area contributed by atoms with Gasteiger partial charge in [-0.3, -0.25) is 0 Å². The minimum absolute atomic E-state index is 0.323. The number of aromatic nitrogens is 2. The molecule has 20 heavy (non-hydrogen) atoms. The molecule has 0 spiro atoms. The number of H-pyrrole nitrogens is 1. The van der Waals surface area contributed by atoms with Crippen LogP contribution >= 0.6 is 11.3 Å². The number of rotatable bonds is 7. The summed E-state index contributed by atoms with van der Waals surface area (Å²) in [6.07, 6.45) is 3.26. The molecule has 2 rings (SSSR count). The molecule has 1 unspecified atom stereocenters. The van der Waals surface area contributed by atoms with Gasteiger partial charge in [-0.2, -0.15) is 0 Å². The summed E-state index contributed by atoms with van der Waals surface area (Å²) in [6.45, 7) is 5.29. The highest BCUT2D eigenvalue weighted by atomic mass is 32.2. The minimum atomic E-state index is -3.51. The van der Waals surface area contributed by atoms with Crippen molar-refractivity contribution in [2.24, 2.45) is 0 Å². The van der Waals surface area contributed by atoms with Gasteiger partial charge in [-0.25, -0.2) is 18.1 Å². The van der Waals surface area contributed by atoms with E-state index in [9.17, 15) is 8.42 Å². The Morgan fingerprint density at radius 1 is 1.50 bits per heavy atom. The second-order valence-corrected chi connectivity index (χ2v) is 7.22. The zero-order valence-electron chi connectivity index (χ0n) is 11.4. The molecular weight excluding hydrogens is 296 g/mol. The first-order valence-corrected chi connectivity index (χ1v) is 8.69. The van der Waals surface area contributed by atoms with E-state index in [2.05, 4.69) is 20.0 Å². The summed E-state index contributed by atoms with van der Waals surface area (Å²) in [7, 11) is -3.51. The fourth-order valence-electron chi connectivity index (χ4n) is 1.72. The fraction of sp³-hybridized carbons (Fsp3) is 0.417. The number of hydrogen-bond donors (Lipinski definition) is 3. The van der Waals surface area contributed by atoms with Gasteiger partial charge < -0.3 is 10.3 Å².